The topological polar surface area (TPSA) is 32.8 Å². The van der Waals surface area contributed by atoms with E-state index < -0.39 is 0 Å². The summed E-state index contributed by atoms with van der Waals surface area (Å²) in [5, 5.41) is 0. The van der Waals surface area contributed by atoms with Gasteiger partial charge in [0.05, 0.1) is 19.8 Å². The Kier molecular flexibility index (Phi) is 6.27. The zero-order valence-electron chi connectivity index (χ0n) is 14.9. The van der Waals surface area contributed by atoms with Gasteiger partial charge in [-0.05, 0) is 56.2 Å². The molecule has 1 unspecified atom stereocenters. The second kappa shape index (κ2) is 8.63. The Morgan fingerprint density at radius 2 is 2.00 bits per heavy atom. The third kappa shape index (κ3) is 4.81. The third-order valence-electron chi connectivity index (χ3n) is 5.41. The predicted molar refractivity (Wildman–Crippen MR) is 96.1 cm³/mol. The van der Waals surface area contributed by atoms with E-state index in [-0.39, 0.29) is 5.91 Å². The fraction of sp³-hybridized carbons (Fsp3) is 0.650. The van der Waals surface area contributed by atoms with Crippen molar-refractivity contribution in [2.45, 2.75) is 32.6 Å². The van der Waals surface area contributed by atoms with Crippen LogP contribution in [0.25, 0.3) is 0 Å². The van der Waals surface area contributed by atoms with Crippen LogP contribution in [0, 0.1) is 12.8 Å². The van der Waals surface area contributed by atoms with E-state index in [0.717, 1.165) is 38.5 Å². The normalized spacial score (nSPS) is 22.5. The highest BCUT2D eigenvalue weighted by molar-refractivity contribution is 5.78. The molecule has 24 heavy (non-hydrogen) atoms. The minimum atomic E-state index is 0.276. The molecule has 4 heteroatoms. The first-order chi connectivity index (χ1) is 11.7. The molecular formula is C20H30N2O2. The Morgan fingerprint density at radius 3 is 2.79 bits per heavy atom. The lowest BCUT2D eigenvalue weighted by atomic mass is 9.90. The van der Waals surface area contributed by atoms with Crippen molar-refractivity contribution in [3.05, 3.63) is 35.4 Å². The molecule has 0 saturated carbocycles. The van der Waals surface area contributed by atoms with Crippen LogP contribution in [0.3, 0.4) is 0 Å². The molecule has 2 heterocycles. The Balaban J connectivity index is 1.45. The first-order valence-corrected chi connectivity index (χ1v) is 9.35. The minimum Gasteiger partial charge on any atom is -0.378 e. The maximum absolute atomic E-state index is 12.4. The van der Waals surface area contributed by atoms with Gasteiger partial charge in [0, 0.05) is 19.6 Å². The summed E-state index contributed by atoms with van der Waals surface area (Å²) < 4.78 is 5.33. The van der Waals surface area contributed by atoms with Crippen molar-refractivity contribution < 1.29 is 9.53 Å². The number of likely N-dealkylation sites (tertiary alicyclic amines) is 1. The van der Waals surface area contributed by atoms with Crippen LogP contribution in [-0.2, 0) is 16.0 Å². The van der Waals surface area contributed by atoms with Gasteiger partial charge in [-0.1, -0.05) is 24.3 Å². The number of ether oxygens (including phenoxy) is 1. The molecular weight excluding hydrogens is 300 g/mol. The number of carbonyl (C=O) groups is 1. The summed E-state index contributed by atoms with van der Waals surface area (Å²) in [6, 6.07) is 8.69. The Bertz CT molecular complexity index is 540. The molecule has 1 atom stereocenters. The molecule has 0 bridgehead atoms. The number of benzene rings is 1. The van der Waals surface area contributed by atoms with Crippen molar-refractivity contribution in [2.24, 2.45) is 5.92 Å². The van der Waals surface area contributed by atoms with E-state index in [1.54, 1.807) is 0 Å². The van der Waals surface area contributed by atoms with Gasteiger partial charge >= 0.3 is 0 Å². The van der Waals surface area contributed by atoms with Gasteiger partial charge in [0.1, 0.15) is 0 Å². The molecule has 2 saturated heterocycles. The monoisotopic (exact) mass is 330 g/mol. The molecule has 0 aromatic heterocycles. The average molecular weight is 330 g/mol. The van der Waals surface area contributed by atoms with Crippen LogP contribution in [0.5, 0.6) is 0 Å². The number of rotatable bonds is 5. The minimum absolute atomic E-state index is 0.276. The standard InChI is InChI=1S/C20H30N2O2/c1-17-5-2-3-7-19(17)9-8-18-6-4-10-21(15-18)16-20(23)22-11-13-24-14-12-22/h2-3,5,7,18H,4,6,8-16H2,1H3. The molecule has 0 spiro atoms. The summed E-state index contributed by atoms with van der Waals surface area (Å²) in [5.41, 5.74) is 2.87. The van der Waals surface area contributed by atoms with Crippen molar-refractivity contribution >= 4 is 5.91 Å². The second-order valence-corrected chi connectivity index (χ2v) is 7.20. The summed E-state index contributed by atoms with van der Waals surface area (Å²) in [5.74, 6) is 0.994. The lowest BCUT2D eigenvalue weighted by Gasteiger charge is -2.34. The SMILES string of the molecule is Cc1ccccc1CCC1CCCN(CC(=O)N2CCOCC2)C1. The van der Waals surface area contributed by atoms with Crippen LogP contribution >= 0.6 is 0 Å². The van der Waals surface area contributed by atoms with Crippen LogP contribution in [0.4, 0.5) is 0 Å². The molecule has 3 rings (SSSR count). The molecule has 1 aromatic rings. The van der Waals surface area contributed by atoms with Crippen molar-refractivity contribution in [1.29, 1.82) is 0 Å². The van der Waals surface area contributed by atoms with E-state index in [0.29, 0.717) is 19.8 Å². The number of nitrogens with zero attached hydrogens (tertiary/aromatic N) is 2. The highest BCUT2D eigenvalue weighted by Gasteiger charge is 2.24. The van der Waals surface area contributed by atoms with Crippen molar-refractivity contribution in [2.75, 3.05) is 45.9 Å². The zero-order valence-corrected chi connectivity index (χ0v) is 14.9. The number of aryl methyl sites for hydroxylation is 2. The Hall–Kier alpha value is -1.39. The lowest BCUT2D eigenvalue weighted by Crippen LogP contribution is -2.47. The summed E-state index contributed by atoms with van der Waals surface area (Å²) >= 11 is 0. The van der Waals surface area contributed by atoms with E-state index in [2.05, 4.69) is 36.1 Å². The Morgan fingerprint density at radius 1 is 1.21 bits per heavy atom. The van der Waals surface area contributed by atoms with Gasteiger partial charge in [-0.3, -0.25) is 9.69 Å². The summed E-state index contributed by atoms with van der Waals surface area (Å²) in [6.45, 7) is 7.80. The molecule has 1 amide bonds. The Labute approximate surface area is 145 Å². The van der Waals surface area contributed by atoms with Gasteiger partial charge in [0.25, 0.3) is 0 Å². The molecule has 1 aromatic carbocycles. The van der Waals surface area contributed by atoms with Gasteiger partial charge in [-0.2, -0.15) is 0 Å². The smallest absolute Gasteiger partial charge is 0.236 e. The second-order valence-electron chi connectivity index (χ2n) is 7.20. The maximum Gasteiger partial charge on any atom is 0.236 e. The molecule has 0 aliphatic carbocycles. The van der Waals surface area contributed by atoms with Crippen molar-refractivity contribution in [1.82, 2.24) is 9.80 Å². The fourth-order valence-corrected chi connectivity index (χ4v) is 3.88. The number of morpholine rings is 1. The van der Waals surface area contributed by atoms with E-state index in [9.17, 15) is 4.79 Å². The van der Waals surface area contributed by atoms with Crippen LogP contribution in [0.2, 0.25) is 0 Å². The van der Waals surface area contributed by atoms with E-state index >= 15 is 0 Å². The third-order valence-corrected chi connectivity index (χ3v) is 5.41. The van der Waals surface area contributed by atoms with Gasteiger partial charge < -0.3 is 9.64 Å². The summed E-state index contributed by atoms with van der Waals surface area (Å²) in [7, 11) is 0. The number of amides is 1. The van der Waals surface area contributed by atoms with Gasteiger partial charge in [-0.15, -0.1) is 0 Å². The molecule has 2 aliphatic rings. The molecule has 2 aliphatic heterocycles. The molecule has 0 N–H and O–H groups in total. The first-order valence-electron chi connectivity index (χ1n) is 9.35. The number of hydrogen-bond donors (Lipinski definition) is 0. The molecule has 0 radical (unpaired) electrons. The molecule has 2 fully saturated rings. The molecule has 4 nitrogen and oxygen atoms in total. The van der Waals surface area contributed by atoms with Gasteiger partial charge in [0.2, 0.25) is 5.91 Å². The van der Waals surface area contributed by atoms with Crippen LogP contribution < -0.4 is 0 Å². The van der Waals surface area contributed by atoms with Crippen LogP contribution in [0.15, 0.2) is 24.3 Å². The predicted octanol–water partition coefficient (Wildman–Crippen LogP) is 2.50. The fourth-order valence-electron chi connectivity index (χ4n) is 3.88. The highest BCUT2D eigenvalue weighted by Crippen LogP contribution is 2.22. The highest BCUT2D eigenvalue weighted by atomic mass is 16.5. The summed E-state index contributed by atoms with van der Waals surface area (Å²) in [4.78, 5) is 16.7. The maximum atomic E-state index is 12.4. The van der Waals surface area contributed by atoms with Crippen molar-refractivity contribution in [3.8, 4) is 0 Å². The van der Waals surface area contributed by atoms with Gasteiger partial charge in [-0.25, -0.2) is 0 Å². The lowest BCUT2D eigenvalue weighted by molar-refractivity contribution is -0.136. The zero-order chi connectivity index (χ0) is 16.8. The average Bonchev–Trinajstić information content (AvgIpc) is 2.62. The van der Waals surface area contributed by atoms with Crippen LogP contribution in [0.1, 0.15) is 30.4 Å². The molecule has 132 valence electrons. The summed E-state index contributed by atoms with van der Waals surface area (Å²) in [6.07, 6.45) is 4.90. The number of hydrogen-bond acceptors (Lipinski definition) is 3. The quantitative estimate of drug-likeness (QED) is 0.831. The van der Waals surface area contributed by atoms with E-state index in [1.165, 1.54) is 30.4 Å². The first kappa shape index (κ1) is 17.4. The van der Waals surface area contributed by atoms with E-state index in [1.807, 2.05) is 4.90 Å². The van der Waals surface area contributed by atoms with Gasteiger partial charge in [0.15, 0.2) is 0 Å². The van der Waals surface area contributed by atoms with Crippen molar-refractivity contribution in [3.63, 3.8) is 0 Å². The van der Waals surface area contributed by atoms with Crippen LogP contribution in [-0.4, -0.2) is 61.6 Å². The largest absolute Gasteiger partial charge is 0.378 e. The number of piperidine rings is 1. The van der Waals surface area contributed by atoms with E-state index in [4.69, 9.17) is 4.74 Å². The number of carbonyl (C=O) groups excluding carboxylic acids is 1.